The third-order valence-corrected chi connectivity index (χ3v) is 2.89. The number of hydrogen-bond donors (Lipinski definition) is 0. The van der Waals surface area contributed by atoms with Gasteiger partial charge in [-0.2, -0.15) is 0 Å². The lowest BCUT2D eigenvalue weighted by Gasteiger charge is -2.23. The molecule has 1 saturated heterocycles. The van der Waals surface area contributed by atoms with Crippen LogP contribution >= 0.6 is 0 Å². The molecular formula is C10H22N2. The van der Waals surface area contributed by atoms with Crippen molar-refractivity contribution in [3.05, 3.63) is 0 Å². The second-order valence-electron chi connectivity index (χ2n) is 3.82. The van der Waals surface area contributed by atoms with Gasteiger partial charge in [-0.3, -0.25) is 0 Å². The highest BCUT2D eigenvalue weighted by Crippen LogP contribution is 2.13. The maximum atomic E-state index is 2.54. The molecule has 2 heteroatoms. The van der Waals surface area contributed by atoms with E-state index in [9.17, 15) is 0 Å². The summed E-state index contributed by atoms with van der Waals surface area (Å²) in [6.07, 6.45) is 2.64. The highest BCUT2D eigenvalue weighted by Gasteiger charge is 2.23. The first-order valence-corrected chi connectivity index (χ1v) is 5.20. The van der Waals surface area contributed by atoms with Crippen molar-refractivity contribution in [2.24, 2.45) is 0 Å². The van der Waals surface area contributed by atoms with Gasteiger partial charge in [-0.1, -0.05) is 13.8 Å². The van der Waals surface area contributed by atoms with Crippen molar-refractivity contribution in [3.63, 3.8) is 0 Å². The summed E-state index contributed by atoms with van der Waals surface area (Å²) in [5, 5.41) is 0. The van der Waals surface area contributed by atoms with Gasteiger partial charge in [-0.25, -0.2) is 0 Å². The van der Waals surface area contributed by atoms with Gasteiger partial charge in [0.25, 0.3) is 0 Å². The molecule has 1 fully saturated rings. The van der Waals surface area contributed by atoms with Crippen molar-refractivity contribution in [1.82, 2.24) is 9.80 Å². The normalized spacial score (nSPS) is 25.5. The van der Waals surface area contributed by atoms with E-state index in [0.717, 1.165) is 6.04 Å². The van der Waals surface area contributed by atoms with Crippen LogP contribution in [0.4, 0.5) is 0 Å². The average Bonchev–Trinajstić information content (AvgIpc) is 2.52. The van der Waals surface area contributed by atoms with Crippen LogP contribution in [0.2, 0.25) is 0 Å². The van der Waals surface area contributed by atoms with E-state index < -0.39 is 0 Å². The van der Waals surface area contributed by atoms with Gasteiger partial charge in [0.2, 0.25) is 0 Å². The third-order valence-electron chi connectivity index (χ3n) is 2.89. The quantitative estimate of drug-likeness (QED) is 0.629. The maximum absolute atomic E-state index is 2.54. The van der Waals surface area contributed by atoms with Gasteiger partial charge in [-0.15, -0.1) is 0 Å². The van der Waals surface area contributed by atoms with E-state index in [2.05, 4.69) is 30.7 Å². The standard InChI is InChI=1S/C10H22N2/c1-4-7-11(3)10-6-8-12(5-2)9-10/h10H,4-9H2,1-3H3. The van der Waals surface area contributed by atoms with Gasteiger partial charge in [0.1, 0.15) is 0 Å². The summed E-state index contributed by atoms with van der Waals surface area (Å²) in [6, 6.07) is 0.824. The summed E-state index contributed by atoms with van der Waals surface area (Å²) in [7, 11) is 2.26. The van der Waals surface area contributed by atoms with Crippen LogP contribution in [0.5, 0.6) is 0 Å². The first kappa shape index (κ1) is 10.0. The zero-order chi connectivity index (χ0) is 8.97. The Balaban J connectivity index is 2.25. The molecule has 0 spiro atoms. The zero-order valence-corrected chi connectivity index (χ0v) is 8.71. The van der Waals surface area contributed by atoms with E-state index in [-0.39, 0.29) is 0 Å². The minimum absolute atomic E-state index is 0.824. The fraction of sp³-hybridized carbons (Fsp3) is 1.00. The van der Waals surface area contributed by atoms with Gasteiger partial charge >= 0.3 is 0 Å². The molecule has 0 aromatic heterocycles. The van der Waals surface area contributed by atoms with Crippen molar-refractivity contribution in [3.8, 4) is 0 Å². The molecule has 0 aromatic carbocycles. The number of likely N-dealkylation sites (N-methyl/N-ethyl adjacent to an activating group) is 2. The molecule has 0 radical (unpaired) electrons. The van der Waals surface area contributed by atoms with Crippen molar-refractivity contribution in [1.29, 1.82) is 0 Å². The van der Waals surface area contributed by atoms with E-state index in [1.807, 2.05) is 0 Å². The molecule has 1 unspecified atom stereocenters. The maximum Gasteiger partial charge on any atom is 0.0232 e. The van der Waals surface area contributed by atoms with Crippen molar-refractivity contribution in [2.75, 3.05) is 33.2 Å². The Labute approximate surface area is 76.5 Å². The molecule has 1 aliphatic heterocycles. The lowest BCUT2D eigenvalue weighted by molar-refractivity contribution is 0.235. The van der Waals surface area contributed by atoms with Gasteiger partial charge in [0.05, 0.1) is 0 Å². The Kier molecular flexibility index (Phi) is 4.02. The van der Waals surface area contributed by atoms with E-state index in [0.29, 0.717) is 0 Å². The molecule has 2 nitrogen and oxygen atoms in total. The predicted octanol–water partition coefficient (Wildman–Crippen LogP) is 1.42. The Morgan fingerprint density at radius 2 is 2.17 bits per heavy atom. The third kappa shape index (κ3) is 2.46. The Hall–Kier alpha value is -0.0800. The van der Waals surface area contributed by atoms with Crippen LogP contribution in [0.3, 0.4) is 0 Å². The lowest BCUT2D eigenvalue weighted by atomic mass is 10.2. The predicted molar refractivity (Wildman–Crippen MR) is 53.4 cm³/mol. The van der Waals surface area contributed by atoms with Crippen LogP contribution in [0.25, 0.3) is 0 Å². The number of likely N-dealkylation sites (tertiary alicyclic amines) is 1. The second-order valence-corrected chi connectivity index (χ2v) is 3.82. The fourth-order valence-corrected chi connectivity index (χ4v) is 1.99. The summed E-state index contributed by atoms with van der Waals surface area (Å²) < 4.78 is 0. The number of nitrogens with zero attached hydrogens (tertiary/aromatic N) is 2. The summed E-state index contributed by atoms with van der Waals surface area (Å²) in [5.41, 5.74) is 0. The fourth-order valence-electron chi connectivity index (χ4n) is 1.99. The zero-order valence-electron chi connectivity index (χ0n) is 8.71. The molecule has 1 rings (SSSR count). The van der Waals surface area contributed by atoms with Crippen molar-refractivity contribution in [2.45, 2.75) is 32.7 Å². The first-order valence-electron chi connectivity index (χ1n) is 5.20. The first-order chi connectivity index (χ1) is 5.77. The molecule has 12 heavy (non-hydrogen) atoms. The molecule has 0 bridgehead atoms. The molecular weight excluding hydrogens is 148 g/mol. The molecule has 0 N–H and O–H groups in total. The van der Waals surface area contributed by atoms with Gasteiger partial charge in [0, 0.05) is 12.6 Å². The summed E-state index contributed by atoms with van der Waals surface area (Å²) >= 11 is 0. The molecule has 1 atom stereocenters. The highest BCUT2D eigenvalue weighted by atomic mass is 15.2. The topological polar surface area (TPSA) is 6.48 Å². The van der Waals surface area contributed by atoms with Gasteiger partial charge in [-0.05, 0) is 39.5 Å². The molecule has 1 heterocycles. The molecule has 1 aliphatic rings. The monoisotopic (exact) mass is 170 g/mol. The van der Waals surface area contributed by atoms with Gasteiger partial charge < -0.3 is 9.80 Å². The Bertz CT molecular complexity index is 125. The van der Waals surface area contributed by atoms with Crippen LogP contribution in [-0.4, -0.2) is 49.1 Å². The van der Waals surface area contributed by atoms with E-state index >= 15 is 0 Å². The molecule has 72 valence electrons. The molecule has 0 aromatic rings. The summed E-state index contributed by atoms with van der Waals surface area (Å²) in [6.45, 7) is 9.56. The second kappa shape index (κ2) is 4.83. The summed E-state index contributed by atoms with van der Waals surface area (Å²) in [4.78, 5) is 5.05. The minimum atomic E-state index is 0.824. The van der Waals surface area contributed by atoms with Crippen LogP contribution < -0.4 is 0 Å². The SMILES string of the molecule is CCCN(C)C1CCN(CC)C1. The smallest absolute Gasteiger partial charge is 0.0232 e. The molecule has 0 aliphatic carbocycles. The lowest BCUT2D eigenvalue weighted by Crippen LogP contribution is -2.34. The Morgan fingerprint density at radius 1 is 1.42 bits per heavy atom. The van der Waals surface area contributed by atoms with E-state index in [1.54, 1.807) is 0 Å². The Morgan fingerprint density at radius 3 is 2.67 bits per heavy atom. The van der Waals surface area contributed by atoms with Crippen molar-refractivity contribution >= 4 is 0 Å². The highest BCUT2D eigenvalue weighted by molar-refractivity contribution is 4.80. The summed E-state index contributed by atoms with van der Waals surface area (Å²) in [5.74, 6) is 0. The molecule has 0 amide bonds. The average molecular weight is 170 g/mol. The number of rotatable bonds is 4. The van der Waals surface area contributed by atoms with Crippen LogP contribution in [-0.2, 0) is 0 Å². The molecule has 0 saturated carbocycles. The van der Waals surface area contributed by atoms with E-state index in [1.165, 1.54) is 39.0 Å². The minimum Gasteiger partial charge on any atom is -0.302 e. The number of hydrogen-bond acceptors (Lipinski definition) is 2. The van der Waals surface area contributed by atoms with Crippen LogP contribution in [0, 0.1) is 0 Å². The van der Waals surface area contributed by atoms with Gasteiger partial charge in [0.15, 0.2) is 0 Å². The van der Waals surface area contributed by atoms with Crippen molar-refractivity contribution < 1.29 is 0 Å². The van der Waals surface area contributed by atoms with E-state index in [4.69, 9.17) is 0 Å². The largest absolute Gasteiger partial charge is 0.302 e. The van der Waals surface area contributed by atoms with Crippen LogP contribution in [0.15, 0.2) is 0 Å². The van der Waals surface area contributed by atoms with Crippen LogP contribution in [0.1, 0.15) is 26.7 Å².